The molecule has 0 radical (unpaired) electrons. The first-order valence-corrected chi connectivity index (χ1v) is 7.73. The van der Waals surface area contributed by atoms with Gasteiger partial charge in [-0.3, -0.25) is 0 Å². The first-order chi connectivity index (χ1) is 10.0. The van der Waals surface area contributed by atoms with Crippen LogP contribution >= 0.6 is 0 Å². The summed E-state index contributed by atoms with van der Waals surface area (Å²) in [7, 11) is 0. The number of aryl methyl sites for hydroxylation is 4. The van der Waals surface area contributed by atoms with E-state index in [4.69, 9.17) is 10.8 Å². The Morgan fingerprint density at radius 1 is 1.19 bits per heavy atom. The van der Waals surface area contributed by atoms with Gasteiger partial charge in [-0.25, -0.2) is 4.68 Å². The second kappa shape index (κ2) is 5.10. The van der Waals surface area contributed by atoms with Crippen molar-refractivity contribution in [1.82, 2.24) is 9.78 Å². The Morgan fingerprint density at radius 3 is 2.48 bits per heavy atom. The summed E-state index contributed by atoms with van der Waals surface area (Å²) in [6, 6.07) is 4.49. The molecule has 0 aliphatic carbocycles. The SMILES string of the molecule is CCn1nc2c(c1N)CCCN2c1c(C)cc(C)cc1C. The summed E-state index contributed by atoms with van der Waals surface area (Å²) in [5.74, 6) is 1.88. The van der Waals surface area contributed by atoms with Crippen LogP contribution in [0.3, 0.4) is 0 Å². The van der Waals surface area contributed by atoms with E-state index in [1.54, 1.807) is 0 Å². The maximum atomic E-state index is 6.25. The van der Waals surface area contributed by atoms with Crippen molar-refractivity contribution in [2.45, 2.75) is 47.1 Å². The highest BCUT2D eigenvalue weighted by Gasteiger charge is 2.27. The van der Waals surface area contributed by atoms with E-state index in [1.807, 2.05) is 4.68 Å². The zero-order valence-corrected chi connectivity index (χ0v) is 13.4. The van der Waals surface area contributed by atoms with Gasteiger partial charge in [-0.05, 0) is 51.7 Å². The summed E-state index contributed by atoms with van der Waals surface area (Å²) < 4.78 is 1.92. The summed E-state index contributed by atoms with van der Waals surface area (Å²) in [4.78, 5) is 2.35. The molecule has 1 aliphatic rings. The second-order valence-corrected chi connectivity index (χ2v) is 6.01. The highest BCUT2D eigenvalue weighted by atomic mass is 15.4. The number of nitrogens with two attached hydrogens (primary N) is 1. The number of aromatic nitrogens is 2. The van der Waals surface area contributed by atoms with Gasteiger partial charge in [0.15, 0.2) is 5.82 Å². The molecule has 1 aliphatic heterocycles. The molecule has 1 aromatic carbocycles. The van der Waals surface area contributed by atoms with E-state index in [0.29, 0.717) is 0 Å². The molecular formula is C17H24N4. The number of nitrogens with zero attached hydrogens (tertiary/aromatic N) is 3. The van der Waals surface area contributed by atoms with Crippen LogP contribution in [0.15, 0.2) is 12.1 Å². The summed E-state index contributed by atoms with van der Waals surface area (Å²) in [6.45, 7) is 10.4. The number of anilines is 3. The highest BCUT2D eigenvalue weighted by Crippen LogP contribution is 2.38. The topological polar surface area (TPSA) is 47.1 Å². The van der Waals surface area contributed by atoms with Gasteiger partial charge < -0.3 is 10.6 Å². The van der Waals surface area contributed by atoms with Crippen LogP contribution in [0.5, 0.6) is 0 Å². The number of hydrogen-bond donors (Lipinski definition) is 1. The maximum absolute atomic E-state index is 6.25. The zero-order valence-electron chi connectivity index (χ0n) is 13.4. The molecule has 0 unspecified atom stereocenters. The Bertz CT molecular complexity index is 661. The van der Waals surface area contributed by atoms with E-state index < -0.39 is 0 Å². The zero-order chi connectivity index (χ0) is 15.1. The fraction of sp³-hybridized carbons (Fsp3) is 0.471. The van der Waals surface area contributed by atoms with Gasteiger partial charge in [-0.1, -0.05) is 17.7 Å². The van der Waals surface area contributed by atoms with Crippen molar-refractivity contribution in [3.63, 3.8) is 0 Å². The molecule has 0 bridgehead atoms. The van der Waals surface area contributed by atoms with Crippen LogP contribution < -0.4 is 10.6 Å². The third-order valence-electron chi connectivity index (χ3n) is 4.34. The van der Waals surface area contributed by atoms with Crippen molar-refractivity contribution in [3.05, 3.63) is 34.4 Å². The molecule has 3 rings (SSSR count). The molecule has 0 amide bonds. The van der Waals surface area contributed by atoms with Crippen LogP contribution in [0, 0.1) is 20.8 Å². The van der Waals surface area contributed by atoms with Crippen LogP contribution in [0.4, 0.5) is 17.3 Å². The van der Waals surface area contributed by atoms with Crippen molar-refractivity contribution >= 4 is 17.3 Å². The highest BCUT2D eigenvalue weighted by molar-refractivity contribution is 5.73. The maximum Gasteiger partial charge on any atom is 0.160 e. The number of hydrogen-bond acceptors (Lipinski definition) is 3. The molecule has 0 spiro atoms. The Kier molecular flexibility index (Phi) is 3.40. The number of nitrogen functional groups attached to an aromatic ring is 1. The fourth-order valence-electron chi connectivity index (χ4n) is 3.53. The lowest BCUT2D eigenvalue weighted by Crippen LogP contribution is -2.26. The van der Waals surface area contributed by atoms with Crippen molar-refractivity contribution < 1.29 is 0 Å². The molecule has 0 saturated heterocycles. The van der Waals surface area contributed by atoms with Crippen molar-refractivity contribution in [3.8, 4) is 0 Å². The van der Waals surface area contributed by atoms with E-state index in [2.05, 4.69) is 44.7 Å². The van der Waals surface area contributed by atoms with Gasteiger partial charge >= 0.3 is 0 Å². The van der Waals surface area contributed by atoms with E-state index in [0.717, 1.165) is 37.6 Å². The summed E-state index contributed by atoms with van der Waals surface area (Å²) in [6.07, 6.45) is 2.15. The molecule has 0 atom stereocenters. The van der Waals surface area contributed by atoms with Gasteiger partial charge in [0, 0.05) is 24.3 Å². The number of fused-ring (bicyclic) bond motifs is 1. The third-order valence-corrected chi connectivity index (χ3v) is 4.34. The molecular weight excluding hydrogens is 260 g/mol. The standard InChI is InChI=1S/C17H24N4/c1-5-21-16(18)14-7-6-8-20(17(14)19-21)15-12(3)9-11(2)10-13(15)4/h9-10H,5-8,18H2,1-4H3. The summed E-state index contributed by atoms with van der Waals surface area (Å²) >= 11 is 0. The normalized spacial score (nSPS) is 14.4. The van der Waals surface area contributed by atoms with Gasteiger partial charge in [0.2, 0.25) is 0 Å². The molecule has 4 nitrogen and oxygen atoms in total. The first-order valence-electron chi connectivity index (χ1n) is 7.73. The minimum Gasteiger partial charge on any atom is -0.384 e. The van der Waals surface area contributed by atoms with Crippen molar-refractivity contribution in [2.75, 3.05) is 17.2 Å². The predicted molar refractivity (Wildman–Crippen MR) is 88.3 cm³/mol. The van der Waals surface area contributed by atoms with E-state index in [-0.39, 0.29) is 0 Å². The lowest BCUT2D eigenvalue weighted by Gasteiger charge is -2.30. The van der Waals surface area contributed by atoms with E-state index >= 15 is 0 Å². The molecule has 21 heavy (non-hydrogen) atoms. The van der Waals surface area contributed by atoms with E-state index in [9.17, 15) is 0 Å². The Morgan fingerprint density at radius 2 is 1.86 bits per heavy atom. The summed E-state index contributed by atoms with van der Waals surface area (Å²) in [5.41, 5.74) is 12.7. The third kappa shape index (κ3) is 2.19. The number of benzene rings is 1. The molecule has 2 heterocycles. The van der Waals surface area contributed by atoms with Gasteiger partial charge in [-0.2, -0.15) is 5.10 Å². The van der Waals surface area contributed by atoms with E-state index in [1.165, 1.54) is 27.9 Å². The van der Waals surface area contributed by atoms with Crippen LogP contribution in [0.1, 0.15) is 35.6 Å². The molecule has 4 heteroatoms. The van der Waals surface area contributed by atoms with Gasteiger partial charge in [-0.15, -0.1) is 0 Å². The molecule has 2 aromatic rings. The Hall–Kier alpha value is -1.97. The van der Waals surface area contributed by atoms with Crippen molar-refractivity contribution in [2.24, 2.45) is 0 Å². The molecule has 0 fully saturated rings. The molecule has 2 N–H and O–H groups in total. The fourth-order valence-corrected chi connectivity index (χ4v) is 3.53. The van der Waals surface area contributed by atoms with Crippen LogP contribution in [-0.2, 0) is 13.0 Å². The minimum absolute atomic E-state index is 0.818. The Balaban J connectivity index is 2.15. The lowest BCUT2D eigenvalue weighted by atomic mass is 10.0. The second-order valence-electron chi connectivity index (χ2n) is 6.01. The average molecular weight is 284 g/mol. The first kappa shape index (κ1) is 14.0. The smallest absolute Gasteiger partial charge is 0.160 e. The molecule has 1 aromatic heterocycles. The minimum atomic E-state index is 0.818. The monoisotopic (exact) mass is 284 g/mol. The predicted octanol–water partition coefficient (Wildman–Crippen LogP) is 3.49. The van der Waals surface area contributed by atoms with Gasteiger partial charge in [0.1, 0.15) is 5.82 Å². The van der Waals surface area contributed by atoms with Crippen LogP contribution in [0.2, 0.25) is 0 Å². The van der Waals surface area contributed by atoms with Gasteiger partial charge in [0.05, 0.1) is 0 Å². The summed E-state index contributed by atoms with van der Waals surface area (Å²) in [5, 5.41) is 4.75. The quantitative estimate of drug-likeness (QED) is 0.918. The molecule has 0 saturated carbocycles. The lowest BCUT2D eigenvalue weighted by molar-refractivity contribution is 0.666. The molecule has 112 valence electrons. The Labute approximate surface area is 126 Å². The van der Waals surface area contributed by atoms with Crippen LogP contribution in [-0.4, -0.2) is 16.3 Å². The average Bonchev–Trinajstić information content (AvgIpc) is 2.75. The van der Waals surface area contributed by atoms with Gasteiger partial charge in [0.25, 0.3) is 0 Å². The largest absolute Gasteiger partial charge is 0.384 e. The number of rotatable bonds is 2. The van der Waals surface area contributed by atoms with Crippen LogP contribution in [0.25, 0.3) is 0 Å². The van der Waals surface area contributed by atoms with Crippen molar-refractivity contribution in [1.29, 1.82) is 0 Å².